The van der Waals surface area contributed by atoms with Crippen LogP contribution in [0.25, 0.3) is 134 Å². The van der Waals surface area contributed by atoms with Gasteiger partial charge in [0.05, 0.1) is 22.8 Å². The molecule has 12 aromatic rings. The van der Waals surface area contributed by atoms with Crippen LogP contribution in [0, 0.1) is 0 Å². The quantitative estimate of drug-likeness (QED) is 0.166. The first kappa shape index (κ1) is 44.2. The Labute approximate surface area is 433 Å². The molecule has 9 heteroatoms. The summed E-state index contributed by atoms with van der Waals surface area (Å²) in [5, 5.41) is 10.2. The Bertz CT molecular complexity index is 4290. The molecule has 73 heavy (non-hydrogen) atoms. The second kappa shape index (κ2) is 18.4. The standard InChI is InChI=1S/C64H40N5O2P.Zn/c1-4-17-42(18-5-1)59-49-29-31-51(65-49)60(43-19-6-2-7-20-43)53-33-35-55(67-53)62(56-36-34-54(68-56)61(44-21-8-3-9-22-44)52-32-30-50(59)66-52)45-23-14-24-46(39-45)69-72-70-57-37-27-40-15-10-12-25-47(40)63(57)64-48-26-13-11-16-41(48)28-38-58(64)71-72;/h1-39,69H;/q-2;+2. The van der Waals surface area contributed by atoms with E-state index in [2.05, 4.69) is 224 Å². The number of aromatic nitrogens is 4. The molecule has 0 aliphatic carbocycles. The maximum atomic E-state index is 6.91. The molecule has 0 saturated heterocycles. The summed E-state index contributed by atoms with van der Waals surface area (Å²) in [6, 6.07) is 73.2. The molecule has 340 valence electrons. The van der Waals surface area contributed by atoms with Crippen LogP contribution < -0.4 is 15.1 Å². The van der Waals surface area contributed by atoms with Crippen LogP contribution in [0.4, 0.5) is 5.69 Å². The number of fused-ring (bicyclic) bond motifs is 15. The molecule has 2 aliphatic rings. The minimum atomic E-state index is -1.73. The van der Waals surface area contributed by atoms with Gasteiger partial charge in [0, 0.05) is 16.5 Å². The molecule has 0 fully saturated rings. The van der Waals surface area contributed by atoms with Gasteiger partial charge in [-0.05, 0) is 115 Å². The third kappa shape index (κ3) is 7.89. The summed E-state index contributed by atoms with van der Waals surface area (Å²) in [5.74, 6) is 0. The van der Waals surface area contributed by atoms with Crippen LogP contribution in [0.2, 0.25) is 0 Å². The smallest absolute Gasteiger partial charge is 0.657 e. The molecule has 4 aromatic heterocycles. The van der Waals surface area contributed by atoms with Gasteiger partial charge in [-0.25, -0.2) is 9.97 Å². The maximum absolute atomic E-state index is 6.91. The Morgan fingerprint density at radius 1 is 0.356 bits per heavy atom. The largest absolute Gasteiger partial charge is 2.00 e. The first-order valence-corrected chi connectivity index (χ1v) is 25.1. The maximum Gasteiger partial charge on any atom is 2.00 e. The summed E-state index contributed by atoms with van der Waals surface area (Å²) >= 11 is 0. The van der Waals surface area contributed by atoms with Crippen molar-refractivity contribution in [2.45, 2.75) is 0 Å². The number of rotatable bonds is 6. The minimum Gasteiger partial charge on any atom is -0.657 e. The molecule has 7 nitrogen and oxygen atoms in total. The second-order valence-electron chi connectivity index (χ2n) is 17.9. The molecule has 1 N–H and O–H groups in total. The second-order valence-corrected chi connectivity index (χ2v) is 19.0. The molecule has 6 heterocycles. The third-order valence-corrected chi connectivity index (χ3v) is 14.7. The molecular formula is C64H40N5O2PZn. The van der Waals surface area contributed by atoms with Crippen molar-refractivity contribution in [3.63, 3.8) is 0 Å². The van der Waals surface area contributed by atoms with E-state index in [4.69, 9.17) is 28.3 Å². The first-order valence-electron chi connectivity index (χ1n) is 24.0. The summed E-state index contributed by atoms with van der Waals surface area (Å²) in [6.07, 6.45) is 8.40. The fraction of sp³-hybridized carbons (Fsp3) is 0. The summed E-state index contributed by atoms with van der Waals surface area (Å²) in [4.78, 5) is 21.8. The normalized spacial score (nSPS) is 11.9. The van der Waals surface area contributed by atoms with Gasteiger partial charge in [0.2, 0.25) is 0 Å². The van der Waals surface area contributed by atoms with Gasteiger partial charge >= 0.3 is 27.6 Å². The van der Waals surface area contributed by atoms with Crippen molar-refractivity contribution in [2.24, 2.45) is 0 Å². The van der Waals surface area contributed by atoms with Gasteiger partial charge in [-0.15, -0.1) is 22.1 Å². The van der Waals surface area contributed by atoms with Crippen molar-refractivity contribution in [3.05, 3.63) is 235 Å². The van der Waals surface area contributed by atoms with E-state index < -0.39 is 8.16 Å². The van der Waals surface area contributed by atoms with Crippen molar-refractivity contribution < 1.29 is 27.9 Å². The van der Waals surface area contributed by atoms with Crippen LogP contribution in [-0.2, 0) is 19.5 Å². The van der Waals surface area contributed by atoms with Crippen molar-refractivity contribution >= 4 is 104 Å². The van der Waals surface area contributed by atoms with Crippen LogP contribution >= 0.6 is 8.16 Å². The molecule has 8 aromatic carbocycles. The summed E-state index contributed by atoms with van der Waals surface area (Å²) in [5.41, 5.74) is 16.5. The predicted molar refractivity (Wildman–Crippen MR) is 299 cm³/mol. The van der Waals surface area contributed by atoms with E-state index in [9.17, 15) is 0 Å². The molecule has 0 spiro atoms. The number of anilines is 1. The molecule has 14 rings (SSSR count). The topological polar surface area (TPSA) is 92.3 Å². The SMILES string of the molecule is C1=Cc2nc1c(-c1ccccc1)c1ccc([n-]1)c(-c1ccccc1)c1nc(c(-c3cccc(Np4oc5ccc6ccccc6c5c5c(ccc6ccccc65)o4)c3)c3ccc([n-]3)c2-c2ccccc2)C=C1.[Zn+2]. The minimum absolute atomic E-state index is 0. The third-order valence-electron chi connectivity index (χ3n) is 13.6. The summed E-state index contributed by atoms with van der Waals surface area (Å²) < 4.78 is 13.8. The van der Waals surface area contributed by atoms with Gasteiger partial charge in [0.25, 0.3) is 0 Å². The van der Waals surface area contributed by atoms with E-state index in [0.29, 0.717) is 0 Å². The molecule has 0 amide bonds. The van der Waals surface area contributed by atoms with Gasteiger partial charge in [-0.1, -0.05) is 188 Å². The van der Waals surface area contributed by atoms with Crippen LogP contribution in [-0.4, -0.2) is 9.97 Å². The van der Waals surface area contributed by atoms with Gasteiger partial charge < -0.3 is 18.4 Å². The average molecular weight is 1010 g/mol. The van der Waals surface area contributed by atoms with Crippen molar-refractivity contribution in [1.82, 2.24) is 19.9 Å². The molecule has 2 aliphatic heterocycles. The van der Waals surface area contributed by atoms with Crippen molar-refractivity contribution in [1.29, 1.82) is 0 Å². The first-order chi connectivity index (χ1) is 35.7. The number of hydrogen-bond acceptors (Lipinski definition) is 5. The van der Waals surface area contributed by atoms with E-state index in [0.717, 1.165) is 139 Å². The zero-order valence-corrected chi connectivity index (χ0v) is 43.1. The van der Waals surface area contributed by atoms with Gasteiger partial charge in [-0.3, -0.25) is 5.09 Å². The molecule has 0 saturated carbocycles. The number of benzene rings is 8. The van der Waals surface area contributed by atoms with Crippen LogP contribution in [0.1, 0.15) is 22.8 Å². The monoisotopic (exact) mass is 1010 g/mol. The Kier molecular flexibility index (Phi) is 11.1. The van der Waals surface area contributed by atoms with Crippen LogP contribution in [0.3, 0.4) is 0 Å². The Balaban J connectivity index is 0.00000516. The van der Waals surface area contributed by atoms with E-state index in [-0.39, 0.29) is 19.5 Å². The Hall–Kier alpha value is -8.80. The van der Waals surface area contributed by atoms with E-state index in [1.54, 1.807) is 0 Å². The van der Waals surface area contributed by atoms with E-state index in [1.807, 2.05) is 18.2 Å². The molecular weight excluding hydrogens is 967 g/mol. The van der Waals surface area contributed by atoms with Crippen LogP contribution in [0.15, 0.2) is 221 Å². The van der Waals surface area contributed by atoms with Gasteiger partial charge in [-0.2, -0.15) is 0 Å². The van der Waals surface area contributed by atoms with Crippen molar-refractivity contribution in [2.75, 3.05) is 5.09 Å². The molecule has 0 radical (unpaired) electrons. The summed E-state index contributed by atoms with van der Waals surface area (Å²) in [7, 11) is -1.73. The fourth-order valence-electron chi connectivity index (χ4n) is 10.3. The van der Waals surface area contributed by atoms with Crippen LogP contribution in [0.5, 0.6) is 0 Å². The van der Waals surface area contributed by atoms with Gasteiger partial charge in [0.15, 0.2) is 0 Å². The average Bonchev–Trinajstić information content (AvgIpc) is 4.28. The molecule has 0 unspecified atom stereocenters. The zero-order valence-electron chi connectivity index (χ0n) is 39.3. The Morgan fingerprint density at radius 3 is 1.15 bits per heavy atom. The van der Waals surface area contributed by atoms with E-state index in [1.165, 1.54) is 0 Å². The van der Waals surface area contributed by atoms with E-state index >= 15 is 0 Å². The zero-order chi connectivity index (χ0) is 47.5. The predicted octanol–water partition coefficient (Wildman–Crippen LogP) is 17.4. The number of hydrogen-bond donors (Lipinski definition) is 1. The molecule has 8 bridgehead atoms. The Morgan fingerprint density at radius 2 is 0.726 bits per heavy atom. The fourth-order valence-corrected chi connectivity index (χ4v) is 11.5. The number of nitrogens with one attached hydrogen (secondary N) is 1. The summed E-state index contributed by atoms with van der Waals surface area (Å²) in [6.45, 7) is 0. The van der Waals surface area contributed by atoms with Crippen molar-refractivity contribution in [3.8, 4) is 44.5 Å². The van der Waals surface area contributed by atoms with Gasteiger partial charge in [0.1, 0.15) is 11.2 Å². The number of nitrogens with zero attached hydrogens (tertiary/aromatic N) is 4. The molecule has 0 atom stereocenters.